The Labute approximate surface area is 158 Å². The van der Waals surface area contributed by atoms with Crippen molar-refractivity contribution < 1.29 is 33.9 Å². The van der Waals surface area contributed by atoms with E-state index < -0.39 is 12.2 Å². The van der Waals surface area contributed by atoms with E-state index in [-0.39, 0.29) is 19.6 Å². The van der Waals surface area contributed by atoms with Crippen molar-refractivity contribution in [3.8, 4) is 28.7 Å². The highest BCUT2D eigenvalue weighted by Gasteiger charge is 2.28. The number of methoxy groups -OCH3 is 3. The summed E-state index contributed by atoms with van der Waals surface area (Å²) in [7, 11) is 4.66. The van der Waals surface area contributed by atoms with Gasteiger partial charge in [-0.05, 0) is 23.8 Å². The molecule has 3 rings (SSSR count). The fraction of sp³-hybridized carbons (Fsp3) is 0.400. The third kappa shape index (κ3) is 4.04. The summed E-state index contributed by atoms with van der Waals surface area (Å²) < 4.78 is 26.8. The van der Waals surface area contributed by atoms with E-state index in [9.17, 15) is 10.2 Å². The molecule has 0 saturated carbocycles. The average molecular weight is 376 g/mol. The molecule has 0 bridgehead atoms. The zero-order valence-corrected chi connectivity index (χ0v) is 15.6. The summed E-state index contributed by atoms with van der Waals surface area (Å²) in [4.78, 5) is 0. The van der Waals surface area contributed by atoms with Gasteiger partial charge >= 0.3 is 0 Å². The minimum Gasteiger partial charge on any atom is -0.497 e. The minimum atomic E-state index is -0.798. The first kappa shape index (κ1) is 19.1. The van der Waals surface area contributed by atoms with Gasteiger partial charge in [0.1, 0.15) is 5.75 Å². The van der Waals surface area contributed by atoms with Crippen LogP contribution in [0.2, 0.25) is 0 Å². The number of aliphatic hydroxyl groups excluding tert-OH is 2. The smallest absolute Gasteiger partial charge is 0.231 e. The molecule has 1 aliphatic heterocycles. The fourth-order valence-corrected chi connectivity index (χ4v) is 3.15. The van der Waals surface area contributed by atoms with Gasteiger partial charge in [0.2, 0.25) is 18.3 Å². The predicted molar refractivity (Wildman–Crippen MR) is 98.0 cm³/mol. The lowest BCUT2D eigenvalue weighted by Gasteiger charge is -2.19. The molecule has 1 heterocycles. The molecule has 0 radical (unpaired) electrons. The first-order chi connectivity index (χ1) is 13.1. The number of aliphatic hydroxyl groups is 2. The van der Waals surface area contributed by atoms with E-state index in [1.807, 2.05) is 0 Å². The Morgan fingerprint density at radius 2 is 1.67 bits per heavy atom. The van der Waals surface area contributed by atoms with Crippen LogP contribution < -0.4 is 23.7 Å². The Morgan fingerprint density at radius 3 is 2.30 bits per heavy atom. The maximum atomic E-state index is 10.5. The summed E-state index contributed by atoms with van der Waals surface area (Å²) >= 11 is 0. The summed E-state index contributed by atoms with van der Waals surface area (Å²) in [5.41, 5.74) is 1.43. The Kier molecular flexibility index (Phi) is 5.93. The van der Waals surface area contributed by atoms with Gasteiger partial charge in [0.05, 0.1) is 33.5 Å². The van der Waals surface area contributed by atoms with Crippen LogP contribution in [0.1, 0.15) is 23.7 Å². The van der Waals surface area contributed by atoms with Crippen LogP contribution in [0, 0.1) is 0 Å². The zero-order chi connectivity index (χ0) is 19.4. The average Bonchev–Trinajstić information content (AvgIpc) is 3.17. The van der Waals surface area contributed by atoms with Crippen molar-refractivity contribution in [3.05, 3.63) is 41.5 Å². The van der Waals surface area contributed by atoms with E-state index in [0.29, 0.717) is 39.9 Å². The highest BCUT2D eigenvalue weighted by Crippen LogP contribution is 2.49. The van der Waals surface area contributed by atoms with Gasteiger partial charge in [-0.2, -0.15) is 0 Å². The highest BCUT2D eigenvalue weighted by atomic mass is 16.7. The van der Waals surface area contributed by atoms with Crippen molar-refractivity contribution >= 4 is 0 Å². The van der Waals surface area contributed by atoms with Gasteiger partial charge in [-0.15, -0.1) is 0 Å². The summed E-state index contributed by atoms with van der Waals surface area (Å²) in [6.45, 7) is 0.0875. The number of hydrogen-bond donors (Lipinski definition) is 2. The normalized spacial score (nSPS) is 14.6. The van der Waals surface area contributed by atoms with Gasteiger partial charge in [0.15, 0.2) is 11.5 Å². The maximum absolute atomic E-state index is 10.5. The third-order valence-corrected chi connectivity index (χ3v) is 4.52. The van der Waals surface area contributed by atoms with Crippen molar-refractivity contribution in [1.82, 2.24) is 0 Å². The largest absolute Gasteiger partial charge is 0.497 e. The highest BCUT2D eigenvalue weighted by molar-refractivity contribution is 5.64. The summed E-state index contributed by atoms with van der Waals surface area (Å²) in [5, 5.41) is 20.9. The topological polar surface area (TPSA) is 86.6 Å². The van der Waals surface area contributed by atoms with E-state index in [2.05, 4.69) is 0 Å². The molecular weight excluding hydrogens is 352 g/mol. The van der Waals surface area contributed by atoms with Crippen molar-refractivity contribution in [2.45, 2.75) is 25.0 Å². The molecule has 27 heavy (non-hydrogen) atoms. The summed E-state index contributed by atoms with van der Waals surface area (Å²) in [5.74, 6) is 2.69. The van der Waals surface area contributed by atoms with E-state index in [1.165, 1.54) is 14.2 Å². The second kappa shape index (κ2) is 8.37. The first-order valence-electron chi connectivity index (χ1n) is 8.60. The van der Waals surface area contributed by atoms with Crippen LogP contribution in [-0.2, 0) is 6.42 Å². The van der Waals surface area contributed by atoms with Crippen LogP contribution in [0.15, 0.2) is 30.3 Å². The molecule has 0 fully saturated rings. The van der Waals surface area contributed by atoms with Crippen LogP contribution in [-0.4, -0.2) is 44.4 Å². The van der Waals surface area contributed by atoms with E-state index in [1.54, 1.807) is 37.4 Å². The van der Waals surface area contributed by atoms with Gasteiger partial charge in [-0.25, -0.2) is 0 Å². The second-order valence-corrected chi connectivity index (χ2v) is 6.22. The summed E-state index contributed by atoms with van der Waals surface area (Å²) in [6.07, 6.45) is -1.15. The Hall–Kier alpha value is -2.64. The summed E-state index contributed by atoms with van der Waals surface area (Å²) in [6, 6.07) is 8.86. The van der Waals surface area contributed by atoms with Crippen LogP contribution in [0.5, 0.6) is 28.7 Å². The van der Waals surface area contributed by atoms with Crippen molar-refractivity contribution in [3.63, 3.8) is 0 Å². The number of rotatable bonds is 8. The van der Waals surface area contributed by atoms with Crippen molar-refractivity contribution in [2.75, 3.05) is 28.1 Å². The number of fused-ring (bicyclic) bond motifs is 1. The quantitative estimate of drug-likeness (QED) is 0.732. The molecule has 7 nitrogen and oxygen atoms in total. The van der Waals surface area contributed by atoms with Crippen LogP contribution >= 0.6 is 0 Å². The molecule has 0 spiro atoms. The minimum absolute atomic E-state index is 0.0875. The van der Waals surface area contributed by atoms with Crippen molar-refractivity contribution in [2.24, 2.45) is 0 Å². The van der Waals surface area contributed by atoms with Crippen LogP contribution in [0.3, 0.4) is 0 Å². The molecule has 2 atom stereocenters. The lowest BCUT2D eigenvalue weighted by Crippen LogP contribution is -2.16. The number of ether oxygens (including phenoxy) is 5. The molecule has 0 amide bonds. The lowest BCUT2D eigenvalue weighted by molar-refractivity contribution is 0.0803. The SMILES string of the molecule is COc1ccc([C@@H](O)C[C@@H](O)Cc2cc(OC)c3c(c2OC)OCO3)cc1. The van der Waals surface area contributed by atoms with E-state index >= 15 is 0 Å². The van der Waals surface area contributed by atoms with Gasteiger partial charge in [0, 0.05) is 18.4 Å². The Balaban J connectivity index is 1.74. The molecule has 7 heteroatoms. The molecule has 146 valence electrons. The molecule has 2 N–H and O–H groups in total. The molecule has 0 saturated heterocycles. The predicted octanol–water partition coefficient (Wildman–Crippen LogP) is 2.47. The first-order valence-corrected chi connectivity index (χ1v) is 8.60. The molecular formula is C20H24O7. The van der Waals surface area contributed by atoms with E-state index in [0.717, 1.165) is 0 Å². The monoisotopic (exact) mass is 376 g/mol. The zero-order valence-electron chi connectivity index (χ0n) is 15.6. The standard InChI is InChI=1S/C20H24O7/c1-23-15-6-4-12(5-7-15)16(22)10-14(21)8-13-9-17(24-2)19-20(18(13)25-3)27-11-26-19/h4-7,9,14,16,21-22H,8,10-11H2,1-3H3/t14-,16-/m0/s1. The second-order valence-electron chi connectivity index (χ2n) is 6.22. The molecule has 0 unspecified atom stereocenters. The maximum Gasteiger partial charge on any atom is 0.231 e. The molecule has 2 aromatic carbocycles. The molecule has 0 aromatic heterocycles. The van der Waals surface area contributed by atoms with Gasteiger partial charge in [-0.3, -0.25) is 0 Å². The van der Waals surface area contributed by atoms with Crippen molar-refractivity contribution in [1.29, 1.82) is 0 Å². The lowest BCUT2D eigenvalue weighted by atomic mass is 9.98. The molecule has 1 aliphatic rings. The third-order valence-electron chi connectivity index (χ3n) is 4.52. The Morgan fingerprint density at radius 1 is 0.963 bits per heavy atom. The van der Waals surface area contributed by atoms with Gasteiger partial charge in [0.25, 0.3) is 0 Å². The van der Waals surface area contributed by atoms with Crippen LogP contribution in [0.4, 0.5) is 0 Å². The van der Waals surface area contributed by atoms with Gasteiger partial charge in [-0.1, -0.05) is 12.1 Å². The van der Waals surface area contributed by atoms with Gasteiger partial charge < -0.3 is 33.9 Å². The number of benzene rings is 2. The molecule has 0 aliphatic carbocycles. The Bertz CT molecular complexity index is 773. The number of hydrogen-bond acceptors (Lipinski definition) is 7. The fourth-order valence-electron chi connectivity index (χ4n) is 3.15. The van der Waals surface area contributed by atoms with E-state index in [4.69, 9.17) is 23.7 Å². The molecule has 2 aromatic rings. The van der Waals surface area contributed by atoms with Crippen LogP contribution in [0.25, 0.3) is 0 Å².